The number of unbranched alkanes of at least 4 members (excludes halogenated alkanes) is 1. The predicted octanol–water partition coefficient (Wildman–Crippen LogP) is 0.300. The standard InChI is InChI=1S/C13H26NO2S2.HI/c1-11(14(2,3)4)16-13(15)8-6-5-7-12-9-10-17-18-12;/h11-12H,5-10H2,1-4H3;1H/q+1;/p-1/t11-,12-;/m1./s1. The summed E-state index contributed by atoms with van der Waals surface area (Å²) >= 11 is 0. The Morgan fingerprint density at radius 1 is 1.37 bits per heavy atom. The van der Waals surface area contributed by atoms with Crippen LogP contribution in [0.25, 0.3) is 0 Å². The van der Waals surface area contributed by atoms with Gasteiger partial charge in [0.05, 0.1) is 21.1 Å². The van der Waals surface area contributed by atoms with Gasteiger partial charge in [-0.05, 0) is 19.3 Å². The summed E-state index contributed by atoms with van der Waals surface area (Å²) in [5, 5.41) is 0.816. The summed E-state index contributed by atoms with van der Waals surface area (Å²) < 4.78 is 6.07. The van der Waals surface area contributed by atoms with Gasteiger partial charge in [-0.1, -0.05) is 28.0 Å². The fourth-order valence-electron chi connectivity index (χ4n) is 1.61. The molecule has 0 N–H and O–H groups in total. The molecule has 1 fully saturated rings. The zero-order chi connectivity index (χ0) is 13.6. The Morgan fingerprint density at radius 3 is 2.58 bits per heavy atom. The molecular formula is C13H26INO2S2. The van der Waals surface area contributed by atoms with Crippen molar-refractivity contribution in [2.45, 2.75) is 50.5 Å². The highest BCUT2D eigenvalue weighted by molar-refractivity contribution is 8.77. The first kappa shape index (κ1) is 19.9. The van der Waals surface area contributed by atoms with E-state index in [-0.39, 0.29) is 36.2 Å². The van der Waals surface area contributed by atoms with E-state index in [2.05, 4.69) is 0 Å². The summed E-state index contributed by atoms with van der Waals surface area (Å²) in [6.07, 6.45) is 5.18. The lowest BCUT2D eigenvalue weighted by molar-refractivity contribution is -0.914. The highest BCUT2D eigenvalue weighted by atomic mass is 127. The first-order valence-corrected chi connectivity index (χ1v) is 9.06. The first-order valence-electron chi connectivity index (χ1n) is 6.68. The molecule has 1 aliphatic heterocycles. The van der Waals surface area contributed by atoms with Crippen LogP contribution in [0.15, 0.2) is 0 Å². The molecule has 0 amide bonds. The molecule has 19 heavy (non-hydrogen) atoms. The minimum atomic E-state index is -0.0701. The third-order valence-electron chi connectivity index (χ3n) is 3.28. The van der Waals surface area contributed by atoms with E-state index in [1.54, 1.807) is 0 Å². The Bertz CT molecular complexity index is 266. The van der Waals surface area contributed by atoms with Gasteiger partial charge in [-0.15, -0.1) is 0 Å². The van der Waals surface area contributed by atoms with Gasteiger partial charge in [0.1, 0.15) is 0 Å². The van der Waals surface area contributed by atoms with Crippen LogP contribution in [0.4, 0.5) is 0 Å². The van der Waals surface area contributed by atoms with Gasteiger partial charge >= 0.3 is 5.97 Å². The lowest BCUT2D eigenvalue weighted by Crippen LogP contribution is -3.00. The molecule has 0 aromatic carbocycles. The van der Waals surface area contributed by atoms with Gasteiger partial charge in [0.2, 0.25) is 6.23 Å². The highest BCUT2D eigenvalue weighted by Gasteiger charge is 2.22. The van der Waals surface area contributed by atoms with Crippen molar-refractivity contribution in [3.05, 3.63) is 0 Å². The van der Waals surface area contributed by atoms with E-state index in [1.165, 1.54) is 18.6 Å². The Balaban J connectivity index is 0.00000324. The van der Waals surface area contributed by atoms with E-state index in [0.717, 1.165) is 18.1 Å². The molecule has 0 aliphatic carbocycles. The Morgan fingerprint density at radius 2 is 2.05 bits per heavy atom. The molecule has 6 heteroatoms. The molecule has 2 atom stereocenters. The van der Waals surface area contributed by atoms with Crippen LogP contribution in [0.1, 0.15) is 39.0 Å². The number of ether oxygens (including phenoxy) is 1. The Kier molecular flexibility index (Phi) is 10.2. The smallest absolute Gasteiger partial charge is 0.310 e. The number of hydrogen-bond acceptors (Lipinski definition) is 4. The van der Waals surface area contributed by atoms with Gasteiger partial charge < -0.3 is 28.7 Å². The molecule has 0 unspecified atom stereocenters. The number of hydrogen-bond donors (Lipinski definition) is 0. The van der Waals surface area contributed by atoms with Gasteiger partial charge in [-0.3, -0.25) is 9.28 Å². The molecule has 1 rings (SSSR count). The van der Waals surface area contributed by atoms with Crippen LogP contribution in [0, 0.1) is 0 Å². The molecule has 0 bridgehead atoms. The van der Waals surface area contributed by atoms with E-state index in [9.17, 15) is 4.79 Å². The molecule has 0 saturated carbocycles. The topological polar surface area (TPSA) is 26.3 Å². The predicted molar refractivity (Wildman–Crippen MR) is 80.5 cm³/mol. The molecule has 0 radical (unpaired) electrons. The fraction of sp³-hybridized carbons (Fsp3) is 0.923. The molecule has 0 aromatic heterocycles. The fourth-order valence-corrected chi connectivity index (χ4v) is 4.64. The molecule has 1 aliphatic rings. The van der Waals surface area contributed by atoms with Crippen molar-refractivity contribution in [2.75, 3.05) is 26.9 Å². The minimum Gasteiger partial charge on any atom is -1.00 e. The van der Waals surface area contributed by atoms with Gasteiger partial charge in [0.15, 0.2) is 0 Å². The average molecular weight is 419 g/mol. The van der Waals surface area contributed by atoms with Crippen molar-refractivity contribution in [1.29, 1.82) is 0 Å². The van der Waals surface area contributed by atoms with Crippen LogP contribution in [0.5, 0.6) is 0 Å². The Labute approximate surface area is 142 Å². The number of carbonyl (C=O) groups excluding carboxylic acids is 1. The molecule has 3 nitrogen and oxygen atoms in total. The minimum absolute atomic E-state index is 0. The van der Waals surface area contributed by atoms with Crippen LogP contribution < -0.4 is 24.0 Å². The third-order valence-corrected chi connectivity index (χ3v) is 6.28. The van der Waals surface area contributed by atoms with Crippen LogP contribution in [-0.2, 0) is 9.53 Å². The second-order valence-corrected chi connectivity index (χ2v) is 8.57. The quantitative estimate of drug-likeness (QED) is 0.148. The van der Waals surface area contributed by atoms with Crippen LogP contribution in [0.2, 0.25) is 0 Å². The molecule has 0 spiro atoms. The van der Waals surface area contributed by atoms with Crippen molar-refractivity contribution in [3.63, 3.8) is 0 Å². The van der Waals surface area contributed by atoms with Crippen LogP contribution >= 0.6 is 21.6 Å². The number of quaternary nitrogens is 1. The van der Waals surface area contributed by atoms with Crippen molar-refractivity contribution in [2.24, 2.45) is 0 Å². The zero-order valence-corrected chi connectivity index (χ0v) is 16.1. The maximum atomic E-state index is 11.7. The van der Waals surface area contributed by atoms with E-state index in [1.807, 2.05) is 49.7 Å². The zero-order valence-electron chi connectivity index (χ0n) is 12.4. The number of esters is 1. The summed E-state index contributed by atoms with van der Waals surface area (Å²) in [4.78, 5) is 11.7. The molecular weight excluding hydrogens is 393 g/mol. The van der Waals surface area contributed by atoms with E-state index in [4.69, 9.17) is 4.74 Å². The van der Waals surface area contributed by atoms with Crippen molar-refractivity contribution < 1.29 is 38.0 Å². The number of carbonyl (C=O) groups is 1. The number of nitrogens with zero attached hydrogens (tertiary/aromatic N) is 1. The Hall–Kier alpha value is 0.860. The largest absolute Gasteiger partial charge is 1.00 e. The lowest BCUT2D eigenvalue weighted by atomic mass is 10.1. The van der Waals surface area contributed by atoms with E-state index >= 15 is 0 Å². The first-order chi connectivity index (χ1) is 8.39. The monoisotopic (exact) mass is 419 g/mol. The average Bonchev–Trinajstić information content (AvgIpc) is 2.75. The maximum Gasteiger partial charge on any atom is 0.310 e. The molecule has 1 saturated heterocycles. The van der Waals surface area contributed by atoms with Gasteiger partial charge in [0, 0.05) is 24.3 Å². The van der Waals surface area contributed by atoms with Crippen molar-refractivity contribution in [1.82, 2.24) is 0 Å². The highest BCUT2D eigenvalue weighted by Crippen LogP contribution is 2.39. The summed E-state index contributed by atoms with van der Waals surface area (Å²) in [6, 6.07) is 0. The maximum absolute atomic E-state index is 11.7. The summed E-state index contributed by atoms with van der Waals surface area (Å²) in [5.41, 5.74) is 0. The van der Waals surface area contributed by atoms with E-state index in [0.29, 0.717) is 10.9 Å². The van der Waals surface area contributed by atoms with Crippen molar-refractivity contribution in [3.8, 4) is 0 Å². The number of rotatable bonds is 7. The molecule has 1 heterocycles. The van der Waals surface area contributed by atoms with Gasteiger partial charge in [-0.2, -0.15) is 0 Å². The molecule has 114 valence electrons. The second-order valence-electron chi connectivity index (χ2n) is 5.78. The van der Waals surface area contributed by atoms with Gasteiger partial charge in [0.25, 0.3) is 0 Å². The molecule has 0 aromatic rings. The summed E-state index contributed by atoms with van der Waals surface area (Å²) in [7, 11) is 10.1. The SMILES string of the molecule is C[C@@H](OC(=O)CCCC[C@@H]1CCSS1)[N+](C)(C)C.[I-]. The normalized spacial score (nSPS) is 20.7. The van der Waals surface area contributed by atoms with Crippen LogP contribution in [-0.4, -0.2) is 48.8 Å². The van der Waals surface area contributed by atoms with Crippen LogP contribution in [0.3, 0.4) is 0 Å². The summed E-state index contributed by atoms with van der Waals surface area (Å²) in [5.74, 6) is 1.24. The van der Waals surface area contributed by atoms with E-state index < -0.39 is 0 Å². The summed E-state index contributed by atoms with van der Waals surface area (Å²) in [6.45, 7) is 1.95. The van der Waals surface area contributed by atoms with Gasteiger partial charge in [-0.25, -0.2) is 0 Å². The second kappa shape index (κ2) is 9.73. The van der Waals surface area contributed by atoms with Crippen molar-refractivity contribution >= 4 is 27.6 Å². The number of halogens is 1. The lowest BCUT2D eigenvalue weighted by Gasteiger charge is -2.30. The third kappa shape index (κ3) is 8.67.